The van der Waals surface area contributed by atoms with Crippen LogP contribution in [0.1, 0.15) is 80.4 Å². The van der Waals surface area contributed by atoms with E-state index < -0.39 is 141 Å². The standard InChI is InChI=1S/C83H84N2O23/c1-52(86)94-49-67-72(97-43-57-28-14-6-15-29-57)76(103-53(2)87)77(100-46-60-34-20-9-21-35-60)83(107-67)108-73-66(48-93-41-55-24-10-4-11-25-55)105-81(70(74(73)98-44-58-30-16-7-17-31-58)84-79(90)62-36-22-23-37-63(62)80(84)91)102-50-68-71(96-42-56-26-12-5-13-27-56)75(99-45-59-32-18-8-19-33-59)78(104-54(3)88)82(106-68)101-47-61-38-39-65-64(40-61)85(92)69(89)51-95-65/h4-40,66-68,70-78,81-83,92H,41-51H2,1-3H3/t66-,67-,68-,70-,71-,72+,73-,74-,75+,76+,77-,78+,81-,82+,83+/m1/s1. The Morgan fingerprint density at radius 2 is 0.806 bits per heavy atom. The number of carbonyl (C=O) groups is 6. The molecule has 0 aliphatic carbocycles. The Morgan fingerprint density at radius 1 is 0.389 bits per heavy atom. The van der Waals surface area contributed by atoms with Crippen LogP contribution in [-0.2, 0) is 136 Å². The lowest BCUT2D eigenvalue weighted by Crippen LogP contribution is -2.69. The third-order valence-corrected chi connectivity index (χ3v) is 18.8. The molecule has 25 nitrogen and oxygen atoms in total. The number of ether oxygens (including phenoxy) is 16. The first kappa shape index (κ1) is 76.3. The largest absolute Gasteiger partial charge is 0.481 e. The van der Waals surface area contributed by atoms with Crippen molar-refractivity contribution in [3.8, 4) is 5.75 Å². The van der Waals surface area contributed by atoms with E-state index in [1.165, 1.54) is 26.8 Å². The number of benzene rings is 8. The van der Waals surface area contributed by atoms with Gasteiger partial charge >= 0.3 is 17.9 Å². The second-order valence-corrected chi connectivity index (χ2v) is 26.4. The Kier molecular flexibility index (Phi) is 26.0. The van der Waals surface area contributed by atoms with Gasteiger partial charge in [-0.1, -0.05) is 200 Å². The Labute approximate surface area is 624 Å². The lowest BCUT2D eigenvalue weighted by molar-refractivity contribution is -0.368. The number of amides is 3. The van der Waals surface area contributed by atoms with Crippen LogP contribution in [0.15, 0.2) is 224 Å². The van der Waals surface area contributed by atoms with Crippen LogP contribution in [0.4, 0.5) is 5.69 Å². The molecule has 0 aromatic heterocycles. The Morgan fingerprint density at radius 3 is 1.31 bits per heavy atom. The van der Waals surface area contributed by atoms with Crippen LogP contribution in [0.5, 0.6) is 5.75 Å². The van der Waals surface area contributed by atoms with Crippen molar-refractivity contribution in [2.24, 2.45) is 0 Å². The van der Waals surface area contributed by atoms with Crippen molar-refractivity contribution in [3.05, 3.63) is 275 Å². The minimum atomic E-state index is -1.70. The molecule has 15 atom stereocenters. The van der Waals surface area contributed by atoms with Gasteiger partial charge in [0.1, 0.15) is 79.0 Å². The monoisotopic (exact) mass is 1480 g/mol. The van der Waals surface area contributed by atoms with Gasteiger partial charge in [0.05, 0.1) is 70.6 Å². The van der Waals surface area contributed by atoms with Gasteiger partial charge in [0.15, 0.2) is 37.7 Å². The average Bonchev–Trinajstić information content (AvgIpc) is 1.59. The highest BCUT2D eigenvalue weighted by molar-refractivity contribution is 6.21. The van der Waals surface area contributed by atoms with Gasteiger partial charge < -0.3 is 75.8 Å². The van der Waals surface area contributed by atoms with Crippen LogP contribution in [0, 0.1) is 0 Å². The predicted octanol–water partition coefficient (Wildman–Crippen LogP) is 10.1. The summed E-state index contributed by atoms with van der Waals surface area (Å²) in [5, 5.41) is 11.3. The summed E-state index contributed by atoms with van der Waals surface area (Å²) in [6.45, 7) is 1.55. The van der Waals surface area contributed by atoms with E-state index in [1.807, 2.05) is 182 Å². The average molecular weight is 1480 g/mol. The molecule has 3 amide bonds. The lowest BCUT2D eigenvalue weighted by Gasteiger charge is -2.51. The molecule has 8 aromatic rings. The van der Waals surface area contributed by atoms with Crippen LogP contribution >= 0.6 is 0 Å². The molecule has 13 rings (SSSR count). The molecule has 5 aliphatic heterocycles. The summed E-state index contributed by atoms with van der Waals surface area (Å²) in [5.41, 5.74) is 5.09. The normalized spacial score (nSPS) is 25.3. The highest BCUT2D eigenvalue weighted by Crippen LogP contribution is 2.41. The number of nitrogens with zero attached hydrogens (tertiary/aromatic N) is 2. The summed E-state index contributed by atoms with van der Waals surface area (Å²) in [7, 11) is 0. The number of imide groups is 1. The van der Waals surface area contributed by atoms with Crippen molar-refractivity contribution >= 4 is 41.3 Å². The second kappa shape index (κ2) is 36.8. The van der Waals surface area contributed by atoms with Crippen molar-refractivity contribution < 1.29 is 110 Å². The molecule has 0 radical (unpaired) electrons. The van der Waals surface area contributed by atoms with E-state index in [0.29, 0.717) is 16.2 Å². The highest BCUT2D eigenvalue weighted by Gasteiger charge is 2.60. The topological polar surface area (TPSA) is 277 Å². The van der Waals surface area contributed by atoms with E-state index in [-0.39, 0.29) is 82.0 Å². The van der Waals surface area contributed by atoms with Crippen molar-refractivity contribution in [3.63, 3.8) is 0 Å². The lowest BCUT2D eigenvalue weighted by atomic mass is 9.93. The molecular formula is C83H84N2O23. The molecule has 8 aromatic carbocycles. The number of hydrogen-bond acceptors (Lipinski definition) is 23. The molecule has 0 bridgehead atoms. The SMILES string of the molecule is CC(=O)OC[C@H]1O[C@@H](O[C@H]2[C@H](OCc3ccccc3)[C@@H](N3C(=O)c4ccccc4C3=O)[C@H](OC[C@H]3O[C@H](OCc4ccc5c(c4)N(O)C(=O)CO5)[C@@H](OC(C)=O)[C@@H](OCc4ccccc4)[C@@H]3OCc3ccccc3)O[C@@H]2COCc2ccccc2)[C@H](OCc2ccccc2)[C@@H](OC(C)=O)[C@H]1OCc1ccccc1. The van der Waals surface area contributed by atoms with E-state index in [1.54, 1.807) is 36.4 Å². The number of anilines is 1. The minimum absolute atomic E-state index is 0.0104. The first-order chi connectivity index (χ1) is 52.7. The molecule has 5 aliphatic rings. The maximum Gasteiger partial charge on any atom is 0.303 e. The number of carbonyl (C=O) groups excluding carboxylic acids is 6. The molecule has 1 N–H and O–H groups in total. The molecule has 5 heterocycles. The third kappa shape index (κ3) is 19.1. The van der Waals surface area contributed by atoms with Gasteiger partial charge in [-0.2, -0.15) is 5.06 Å². The number of hydroxylamine groups is 1. The Hall–Kier alpha value is -9.94. The maximum atomic E-state index is 15.6. The number of rotatable bonds is 32. The highest BCUT2D eigenvalue weighted by atomic mass is 16.8. The zero-order valence-electron chi connectivity index (χ0n) is 59.6. The Bertz CT molecular complexity index is 4250. The molecule has 564 valence electrons. The maximum absolute atomic E-state index is 15.6. The third-order valence-electron chi connectivity index (χ3n) is 18.8. The smallest absolute Gasteiger partial charge is 0.303 e. The predicted molar refractivity (Wildman–Crippen MR) is 382 cm³/mol. The van der Waals surface area contributed by atoms with Gasteiger partial charge in [-0.3, -0.25) is 38.9 Å². The van der Waals surface area contributed by atoms with Gasteiger partial charge in [-0.15, -0.1) is 0 Å². The van der Waals surface area contributed by atoms with E-state index in [2.05, 4.69) is 0 Å². The fraction of sp³-hybridized carbons (Fsp3) is 0.349. The van der Waals surface area contributed by atoms with Gasteiger partial charge in [0, 0.05) is 20.8 Å². The zero-order chi connectivity index (χ0) is 74.9. The van der Waals surface area contributed by atoms with Crippen LogP contribution in [0.2, 0.25) is 0 Å². The number of esters is 3. The van der Waals surface area contributed by atoms with Crippen LogP contribution < -0.4 is 9.80 Å². The fourth-order valence-electron chi connectivity index (χ4n) is 13.6. The zero-order valence-corrected chi connectivity index (χ0v) is 59.6. The molecule has 0 unspecified atom stereocenters. The van der Waals surface area contributed by atoms with E-state index >= 15 is 9.59 Å². The van der Waals surface area contributed by atoms with Crippen LogP contribution in [0.3, 0.4) is 0 Å². The molecule has 108 heavy (non-hydrogen) atoms. The van der Waals surface area contributed by atoms with Crippen LogP contribution in [0.25, 0.3) is 0 Å². The summed E-state index contributed by atoms with van der Waals surface area (Å²) in [4.78, 5) is 85.0. The minimum Gasteiger partial charge on any atom is -0.481 e. The van der Waals surface area contributed by atoms with Gasteiger partial charge in [0.25, 0.3) is 17.7 Å². The van der Waals surface area contributed by atoms with Crippen molar-refractivity contribution in [1.82, 2.24) is 4.90 Å². The quantitative estimate of drug-likeness (QED) is 0.0178. The molecule has 0 spiro atoms. The van der Waals surface area contributed by atoms with E-state index in [0.717, 1.165) is 32.7 Å². The Balaban J connectivity index is 0.929. The molecular weight excluding hydrogens is 1390 g/mol. The summed E-state index contributed by atoms with van der Waals surface area (Å²) < 4.78 is 108. The van der Waals surface area contributed by atoms with Crippen molar-refractivity contribution in [2.75, 3.05) is 31.5 Å². The molecule has 3 saturated heterocycles. The van der Waals surface area contributed by atoms with Crippen molar-refractivity contribution in [2.45, 2.75) is 159 Å². The molecule has 0 saturated carbocycles. The van der Waals surface area contributed by atoms with Gasteiger partial charge in [0.2, 0.25) is 0 Å². The number of fused-ring (bicyclic) bond motifs is 2. The van der Waals surface area contributed by atoms with Gasteiger partial charge in [-0.25, -0.2) is 0 Å². The first-order valence-corrected chi connectivity index (χ1v) is 35.7. The van der Waals surface area contributed by atoms with Crippen LogP contribution in [-0.4, -0.2) is 164 Å². The number of hydrogen-bond donors (Lipinski definition) is 1. The summed E-state index contributed by atoms with van der Waals surface area (Å²) in [6.07, 6.45) is -19.4. The van der Waals surface area contributed by atoms with Gasteiger partial charge in [-0.05, 0) is 63.2 Å². The summed E-state index contributed by atoms with van der Waals surface area (Å²) >= 11 is 0. The summed E-state index contributed by atoms with van der Waals surface area (Å²) in [6, 6.07) is 65.2. The molecule has 25 heteroatoms. The first-order valence-electron chi connectivity index (χ1n) is 35.7. The van der Waals surface area contributed by atoms with Crippen molar-refractivity contribution in [1.29, 1.82) is 0 Å². The van der Waals surface area contributed by atoms with E-state index in [4.69, 9.17) is 75.8 Å². The fourth-order valence-corrected chi connectivity index (χ4v) is 13.6. The molecule has 3 fully saturated rings. The summed E-state index contributed by atoms with van der Waals surface area (Å²) in [5.74, 6) is -4.00. The van der Waals surface area contributed by atoms with E-state index in [9.17, 15) is 24.4 Å². The second-order valence-electron chi connectivity index (χ2n) is 26.4.